The van der Waals surface area contributed by atoms with Crippen molar-refractivity contribution < 1.29 is 22.5 Å². The van der Waals surface area contributed by atoms with Gasteiger partial charge < -0.3 is 9.29 Å². The van der Waals surface area contributed by atoms with Crippen molar-refractivity contribution in [3.63, 3.8) is 0 Å². The maximum absolute atomic E-state index is 12.5. The number of rotatable bonds is 8. The van der Waals surface area contributed by atoms with Crippen molar-refractivity contribution in [2.45, 2.75) is 77.0 Å². The molecule has 3 aromatic carbocycles. The quantitative estimate of drug-likeness (QED) is 0.199. The second-order valence-electron chi connectivity index (χ2n) is 11.8. The van der Waals surface area contributed by atoms with E-state index in [-0.39, 0.29) is 33.8 Å². The molecule has 39 heavy (non-hydrogen) atoms. The molecule has 0 aliphatic carbocycles. The molecule has 0 atom stereocenters. The Labute approximate surface area is 232 Å². The van der Waals surface area contributed by atoms with E-state index in [1.165, 1.54) is 30.5 Å². The maximum atomic E-state index is 12.5. The minimum absolute atomic E-state index is 0.0815. The normalized spacial score (nSPS) is 12.5. The van der Waals surface area contributed by atoms with Crippen molar-refractivity contribution in [1.82, 2.24) is 5.43 Å². The third-order valence-corrected chi connectivity index (χ3v) is 7.49. The predicted octanol–water partition coefficient (Wildman–Crippen LogP) is 6.15. The number of hydrazone groups is 1. The molecule has 0 aliphatic rings. The number of phenols is 1. The van der Waals surface area contributed by atoms with E-state index in [9.17, 15) is 18.3 Å². The van der Waals surface area contributed by atoms with Gasteiger partial charge in [0, 0.05) is 6.42 Å². The average molecular weight is 551 g/mol. The van der Waals surface area contributed by atoms with E-state index in [0.29, 0.717) is 17.7 Å². The molecule has 0 fully saturated rings. The number of hydrogen-bond acceptors (Lipinski definition) is 6. The fourth-order valence-corrected chi connectivity index (χ4v) is 4.89. The van der Waals surface area contributed by atoms with Crippen LogP contribution in [-0.4, -0.2) is 25.6 Å². The molecule has 3 aromatic rings. The number of hydrogen-bond donors (Lipinski definition) is 2. The number of carbonyl (C=O) groups is 1. The first kappa shape index (κ1) is 29.9. The smallest absolute Gasteiger partial charge is 0.339 e. The summed E-state index contributed by atoms with van der Waals surface area (Å²) in [5.41, 5.74) is 6.39. The van der Waals surface area contributed by atoms with Crippen LogP contribution in [0.3, 0.4) is 0 Å². The van der Waals surface area contributed by atoms with Crippen LogP contribution in [0.1, 0.15) is 75.8 Å². The summed E-state index contributed by atoms with van der Waals surface area (Å²) in [5.74, 6) is 0.255. The summed E-state index contributed by atoms with van der Waals surface area (Å²) in [6, 6.07) is 16.7. The van der Waals surface area contributed by atoms with Crippen LogP contribution in [0.15, 0.2) is 70.7 Å². The molecule has 7 nitrogen and oxygen atoms in total. The lowest BCUT2D eigenvalue weighted by molar-refractivity contribution is -0.121. The van der Waals surface area contributed by atoms with Crippen LogP contribution in [0.25, 0.3) is 0 Å². The average Bonchev–Trinajstić information content (AvgIpc) is 2.83. The summed E-state index contributed by atoms with van der Waals surface area (Å²) < 4.78 is 30.1. The molecule has 2 N–H and O–H groups in total. The zero-order valence-corrected chi connectivity index (χ0v) is 24.5. The van der Waals surface area contributed by atoms with Gasteiger partial charge in [-0.25, -0.2) is 5.43 Å². The van der Waals surface area contributed by atoms with Gasteiger partial charge in [0.05, 0.1) is 6.21 Å². The third kappa shape index (κ3) is 8.17. The lowest BCUT2D eigenvalue weighted by atomic mass is 9.78. The number of aromatic hydroxyl groups is 1. The highest BCUT2D eigenvalue weighted by Crippen LogP contribution is 2.40. The van der Waals surface area contributed by atoms with Gasteiger partial charge in [-0.3, -0.25) is 4.79 Å². The topological polar surface area (TPSA) is 105 Å². The Morgan fingerprint density at radius 2 is 1.46 bits per heavy atom. The zero-order chi connectivity index (χ0) is 29.0. The Morgan fingerprint density at radius 1 is 0.923 bits per heavy atom. The molecular formula is C31H38N2O5S. The summed E-state index contributed by atoms with van der Waals surface area (Å²) in [5, 5.41) is 14.9. The van der Waals surface area contributed by atoms with E-state index < -0.39 is 10.1 Å². The minimum atomic E-state index is -3.93. The Bertz CT molecular complexity index is 1410. The van der Waals surface area contributed by atoms with Gasteiger partial charge in [0.15, 0.2) is 0 Å². The first-order valence-corrected chi connectivity index (χ1v) is 14.3. The lowest BCUT2D eigenvalue weighted by Gasteiger charge is -2.28. The molecule has 0 spiro atoms. The van der Waals surface area contributed by atoms with Gasteiger partial charge in [-0.05, 0) is 82.8 Å². The molecule has 0 aromatic heterocycles. The first-order chi connectivity index (χ1) is 18.1. The molecule has 0 heterocycles. The van der Waals surface area contributed by atoms with E-state index in [2.05, 4.69) is 52.1 Å². The maximum Gasteiger partial charge on any atom is 0.339 e. The third-order valence-electron chi connectivity index (χ3n) is 6.23. The van der Waals surface area contributed by atoms with Gasteiger partial charge in [-0.2, -0.15) is 13.5 Å². The molecule has 0 unspecified atom stereocenters. The number of phenolic OH excluding ortho intramolecular Hbond substituents is 1. The fraction of sp³-hybridized carbons (Fsp3) is 0.355. The SMILES string of the molecule is Cc1ccc(S(=O)(=O)Oc2ccc(/C=N/NC(=O)CCc3cc(C(C)(C)C)c(O)c(C(C)(C)C)c3)cc2)cc1. The highest BCUT2D eigenvalue weighted by Gasteiger charge is 2.26. The second kappa shape index (κ2) is 11.6. The van der Waals surface area contributed by atoms with Crippen molar-refractivity contribution in [1.29, 1.82) is 0 Å². The summed E-state index contributed by atoms with van der Waals surface area (Å²) in [6.45, 7) is 14.2. The molecule has 1 amide bonds. The lowest BCUT2D eigenvalue weighted by Crippen LogP contribution is -2.20. The molecule has 8 heteroatoms. The first-order valence-electron chi connectivity index (χ1n) is 12.9. The van der Waals surface area contributed by atoms with Crippen LogP contribution >= 0.6 is 0 Å². The van der Waals surface area contributed by atoms with Crippen molar-refractivity contribution in [3.8, 4) is 11.5 Å². The van der Waals surface area contributed by atoms with Crippen LogP contribution in [0.4, 0.5) is 0 Å². The van der Waals surface area contributed by atoms with E-state index in [1.807, 2.05) is 19.1 Å². The number of nitrogens with one attached hydrogen (secondary N) is 1. The van der Waals surface area contributed by atoms with E-state index in [4.69, 9.17) is 4.18 Å². The Morgan fingerprint density at radius 3 is 1.97 bits per heavy atom. The highest BCUT2D eigenvalue weighted by atomic mass is 32.2. The fourth-order valence-electron chi connectivity index (χ4n) is 3.96. The number of aryl methyl sites for hydroxylation is 2. The van der Waals surface area contributed by atoms with Crippen LogP contribution in [-0.2, 0) is 32.2 Å². The summed E-state index contributed by atoms with van der Waals surface area (Å²) in [6.07, 6.45) is 2.22. The van der Waals surface area contributed by atoms with Crippen LogP contribution < -0.4 is 9.61 Å². The largest absolute Gasteiger partial charge is 0.507 e. The molecule has 0 bridgehead atoms. The molecule has 0 saturated carbocycles. The van der Waals surface area contributed by atoms with Gasteiger partial charge in [-0.15, -0.1) is 0 Å². The molecule has 0 saturated heterocycles. The minimum Gasteiger partial charge on any atom is -0.507 e. The van der Waals surface area contributed by atoms with Crippen molar-refractivity contribution in [2.75, 3.05) is 0 Å². The van der Waals surface area contributed by atoms with Gasteiger partial charge >= 0.3 is 10.1 Å². The van der Waals surface area contributed by atoms with Gasteiger partial charge in [0.25, 0.3) is 0 Å². The number of nitrogens with zero attached hydrogens (tertiary/aromatic N) is 1. The molecule has 0 aliphatic heterocycles. The van der Waals surface area contributed by atoms with Crippen LogP contribution in [0, 0.1) is 6.92 Å². The van der Waals surface area contributed by atoms with Crippen molar-refractivity contribution in [3.05, 3.63) is 88.5 Å². The highest BCUT2D eigenvalue weighted by molar-refractivity contribution is 7.87. The van der Waals surface area contributed by atoms with E-state index in [1.54, 1.807) is 24.3 Å². The summed E-state index contributed by atoms with van der Waals surface area (Å²) in [4.78, 5) is 12.5. The Hall–Kier alpha value is -3.65. The van der Waals surface area contributed by atoms with Gasteiger partial charge in [0.2, 0.25) is 5.91 Å². The van der Waals surface area contributed by atoms with Crippen LogP contribution in [0.5, 0.6) is 11.5 Å². The van der Waals surface area contributed by atoms with Crippen molar-refractivity contribution >= 4 is 22.2 Å². The number of carbonyl (C=O) groups excluding carboxylic acids is 1. The molecule has 3 rings (SSSR count). The van der Waals surface area contributed by atoms with E-state index in [0.717, 1.165) is 22.3 Å². The standard InChI is InChI=1S/C31H38N2O5S/c1-21-8-15-25(16-9-21)39(36,37)38-24-13-10-22(11-14-24)20-32-33-28(34)17-12-23-18-26(30(2,3)4)29(35)27(19-23)31(5,6)7/h8-11,13-16,18-20,35H,12,17H2,1-7H3,(H,33,34)/b32-20+. The van der Waals surface area contributed by atoms with Crippen LogP contribution in [0.2, 0.25) is 0 Å². The Kier molecular flexibility index (Phi) is 8.91. The van der Waals surface area contributed by atoms with Gasteiger partial charge in [-0.1, -0.05) is 71.4 Å². The van der Waals surface area contributed by atoms with E-state index >= 15 is 0 Å². The number of benzene rings is 3. The second-order valence-corrected chi connectivity index (χ2v) is 13.3. The molecular weight excluding hydrogens is 512 g/mol. The zero-order valence-electron chi connectivity index (χ0n) is 23.7. The van der Waals surface area contributed by atoms with Crippen molar-refractivity contribution in [2.24, 2.45) is 5.10 Å². The Balaban J connectivity index is 1.59. The summed E-state index contributed by atoms with van der Waals surface area (Å²) >= 11 is 0. The molecule has 208 valence electrons. The van der Waals surface area contributed by atoms with Gasteiger partial charge in [0.1, 0.15) is 16.4 Å². The monoisotopic (exact) mass is 550 g/mol. The molecule has 0 radical (unpaired) electrons. The number of amides is 1. The predicted molar refractivity (Wildman–Crippen MR) is 155 cm³/mol. The summed E-state index contributed by atoms with van der Waals surface area (Å²) in [7, 11) is -3.93.